The highest BCUT2D eigenvalue weighted by molar-refractivity contribution is 5.69. The number of benzene rings is 1. The van der Waals surface area contributed by atoms with Crippen LogP contribution in [-0.2, 0) is 0 Å². The predicted octanol–water partition coefficient (Wildman–Crippen LogP) is 4.72. The Kier molecular flexibility index (Phi) is 4.93. The van der Waals surface area contributed by atoms with Crippen molar-refractivity contribution in [1.82, 2.24) is 15.0 Å². The molecular weight excluding hydrogens is 310 g/mol. The van der Waals surface area contributed by atoms with Crippen LogP contribution in [0.4, 0.5) is 17.5 Å². The number of nitrogens with zero attached hydrogens (tertiary/aromatic N) is 3. The summed E-state index contributed by atoms with van der Waals surface area (Å²) in [5.74, 6) is 1.36. The van der Waals surface area contributed by atoms with Crippen LogP contribution in [0.15, 0.2) is 48.8 Å². The molecule has 0 saturated heterocycles. The number of rotatable bonds is 5. The van der Waals surface area contributed by atoms with Crippen molar-refractivity contribution in [3.63, 3.8) is 0 Å². The molecule has 2 aromatic heterocycles. The number of aryl methyl sites for hydroxylation is 2. The topological polar surface area (TPSA) is 62.7 Å². The van der Waals surface area contributed by atoms with Gasteiger partial charge < -0.3 is 10.6 Å². The van der Waals surface area contributed by atoms with Gasteiger partial charge in [-0.05, 0) is 51.0 Å². The molecule has 3 aromatic rings. The number of nitrogens with one attached hydrogen (secondary N) is 2. The maximum Gasteiger partial charge on any atom is 0.225 e. The zero-order valence-electron chi connectivity index (χ0n) is 15.0. The van der Waals surface area contributed by atoms with Gasteiger partial charge in [-0.15, -0.1) is 0 Å². The molecule has 0 aliphatic heterocycles. The summed E-state index contributed by atoms with van der Waals surface area (Å²) < 4.78 is 0. The summed E-state index contributed by atoms with van der Waals surface area (Å²) in [6.07, 6.45) is 3.57. The molecule has 2 heterocycles. The predicted molar refractivity (Wildman–Crippen MR) is 103 cm³/mol. The quantitative estimate of drug-likeness (QED) is 0.707. The zero-order chi connectivity index (χ0) is 17.8. The smallest absolute Gasteiger partial charge is 0.225 e. The third-order valence-corrected chi connectivity index (χ3v) is 3.84. The Morgan fingerprint density at radius 2 is 1.72 bits per heavy atom. The van der Waals surface area contributed by atoms with E-state index in [9.17, 15) is 0 Å². The van der Waals surface area contributed by atoms with Crippen LogP contribution < -0.4 is 10.6 Å². The number of hydrogen-bond donors (Lipinski definition) is 2. The molecule has 0 radical (unpaired) electrons. The number of pyridine rings is 1. The molecule has 25 heavy (non-hydrogen) atoms. The van der Waals surface area contributed by atoms with Crippen molar-refractivity contribution < 1.29 is 0 Å². The summed E-state index contributed by atoms with van der Waals surface area (Å²) in [5.41, 5.74) is 5.23. The van der Waals surface area contributed by atoms with E-state index in [0.29, 0.717) is 5.95 Å². The van der Waals surface area contributed by atoms with E-state index in [-0.39, 0.29) is 6.04 Å². The lowest BCUT2D eigenvalue weighted by Gasteiger charge is -2.15. The minimum atomic E-state index is 0.247. The summed E-state index contributed by atoms with van der Waals surface area (Å²) in [6, 6.07) is 12.3. The number of para-hydroxylation sites is 1. The molecule has 0 fully saturated rings. The van der Waals surface area contributed by atoms with Crippen LogP contribution in [0.5, 0.6) is 0 Å². The maximum atomic E-state index is 4.63. The first kappa shape index (κ1) is 16.9. The van der Waals surface area contributed by atoms with E-state index in [1.54, 1.807) is 6.20 Å². The molecule has 2 N–H and O–H groups in total. The normalized spacial score (nSPS) is 10.8. The molecule has 5 heteroatoms. The molecule has 3 rings (SSSR count). The molecule has 1 aromatic carbocycles. The Labute approximate surface area is 148 Å². The Morgan fingerprint density at radius 1 is 0.960 bits per heavy atom. The minimum Gasteiger partial charge on any atom is -0.352 e. The largest absolute Gasteiger partial charge is 0.352 e. The fourth-order valence-corrected chi connectivity index (χ4v) is 2.64. The lowest BCUT2D eigenvalue weighted by Crippen LogP contribution is -2.13. The van der Waals surface area contributed by atoms with Gasteiger partial charge in [0.05, 0.1) is 5.69 Å². The number of aromatic nitrogens is 3. The Bertz CT molecular complexity index is 839. The average molecular weight is 333 g/mol. The fourth-order valence-electron chi connectivity index (χ4n) is 2.64. The standard InChI is InChI=1S/C20H23N5/c1-13(2)22-20-23-17(16-9-6-10-21-12-16)11-18(25-20)24-19-14(3)7-5-8-15(19)4/h5-13H,1-4H3,(H2,22,23,24,25). The van der Waals surface area contributed by atoms with Crippen LogP contribution in [0.2, 0.25) is 0 Å². The van der Waals surface area contributed by atoms with E-state index in [4.69, 9.17) is 0 Å². The van der Waals surface area contributed by atoms with Crippen LogP contribution in [0.1, 0.15) is 25.0 Å². The average Bonchev–Trinajstić information content (AvgIpc) is 2.58. The first-order valence-corrected chi connectivity index (χ1v) is 8.42. The van der Waals surface area contributed by atoms with Crippen molar-refractivity contribution in [3.8, 4) is 11.3 Å². The first-order valence-electron chi connectivity index (χ1n) is 8.42. The highest BCUT2D eigenvalue weighted by atomic mass is 15.2. The molecule has 0 aliphatic rings. The maximum absolute atomic E-state index is 4.63. The van der Waals surface area contributed by atoms with E-state index >= 15 is 0 Å². The SMILES string of the molecule is Cc1cccc(C)c1Nc1cc(-c2cccnc2)nc(NC(C)C)n1. The lowest BCUT2D eigenvalue weighted by atomic mass is 10.1. The molecular formula is C20H23N5. The van der Waals surface area contributed by atoms with Gasteiger partial charge in [-0.3, -0.25) is 4.98 Å². The second-order valence-electron chi connectivity index (χ2n) is 6.39. The second-order valence-corrected chi connectivity index (χ2v) is 6.39. The van der Waals surface area contributed by atoms with Gasteiger partial charge in [0.2, 0.25) is 5.95 Å². The summed E-state index contributed by atoms with van der Waals surface area (Å²) >= 11 is 0. The van der Waals surface area contributed by atoms with Gasteiger partial charge in [-0.25, -0.2) is 4.98 Å². The van der Waals surface area contributed by atoms with Crippen molar-refractivity contribution >= 4 is 17.5 Å². The highest BCUT2D eigenvalue weighted by Crippen LogP contribution is 2.26. The Hall–Kier alpha value is -2.95. The third-order valence-electron chi connectivity index (χ3n) is 3.84. The van der Waals surface area contributed by atoms with Gasteiger partial charge in [0.15, 0.2) is 0 Å². The molecule has 0 unspecified atom stereocenters. The van der Waals surface area contributed by atoms with E-state index < -0.39 is 0 Å². The van der Waals surface area contributed by atoms with Crippen molar-refractivity contribution in [2.24, 2.45) is 0 Å². The van der Waals surface area contributed by atoms with Crippen molar-refractivity contribution in [3.05, 3.63) is 59.9 Å². The molecule has 0 spiro atoms. The number of anilines is 3. The summed E-state index contributed by atoms with van der Waals surface area (Å²) in [6.45, 7) is 8.31. The van der Waals surface area contributed by atoms with E-state index in [2.05, 4.69) is 71.5 Å². The molecule has 0 amide bonds. The van der Waals surface area contributed by atoms with Gasteiger partial charge in [0.1, 0.15) is 5.82 Å². The van der Waals surface area contributed by atoms with Gasteiger partial charge >= 0.3 is 0 Å². The summed E-state index contributed by atoms with van der Waals surface area (Å²) in [5, 5.41) is 6.74. The van der Waals surface area contributed by atoms with Crippen LogP contribution in [0.25, 0.3) is 11.3 Å². The molecule has 128 valence electrons. The van der Waals surface area contributed by atoms with Gasteiger partial charge in [-0.1, -0.05) is 18.2 Å². The fraction of sp³-hybridized carbons (Fsp3) is 0.250. The Morgan fingerprint density at radius 3 is 2.36 bits per heavy atom. The summed E-state index contributed by atoms with van der Waals surface area (Å²) in [7, 11) is 0. The highest BCUT2D eigenvalue weighted by Gasteiger charge is 2.10. The molecule has 5 nitrogen and oxygen atoms in total. The van der Waals surface area contributed by atoms with Crippen molar-refractivity contribution in [2.75, 3.05) is 10.6 Å². The number of hydrogen-bond acceptors (Lipinski definition) is 5. The van der Waals surface area contributed by atoms with Gasteiger partial charge in [-0.2, -0.15) is 4.98 Å². The lowest BCUT2D eigenvalue weighted by molar-refractivity contribution is 0.875. The van der Waals surface area contributed by atoms with Crippen LogP contribution in [0.3, 0.4) is 0 Å². The molecule has 0 aliphatic carbocycles. The van der Waals surface area contributed by atoms with Crippen molar-refractivity contribution in [1.29, 1.82) is 0 Å². The van der Waals surface area contributed by atoms with Crippen LogP contribution >= 0.6 is 0 Å². The summed E-state index contributed by atoms with van der Waals surface area (Å²) in [4.78, 5) is 13.4. The van der Waals surface area contributed by atoms with E-state index in [0.717, 1.165) is 22.8 Å². The zero-order valence-corrected chi connectivity index (χ0v) is 15.0. The van der Waals surface area contributed by atoms with Gasteiger partial charge in [0, 0.05) is 35.8 Å². The van der Waals surface area contributed by atoms with E-state index in [1.807, 2.05) is 24.4 Å². The first-order chi connectivity index (χ1) is 12.0. The third kappa shape index (κ3) is 4.12. The monoisotopic (exact) mass is 333 g/mol. The second kappa shape index (κ2) is 7.30. The molecule has 0 saturated carbocycles. The molecule has 0 bridgehead atoms. The Balaban J connectivity index is 2.03. The van der Waals surface area contributed by atoms with Crippen molar-refractivity contribution in [2.45, 2.75) is 33.7 Å². The van der Waals surface area contributed by atoms with E-state index in [1.165, 1.54) is 11.1 Å². The van der Waals surface area contributed by atoms with Crippen LogP contribution in [0, 0.1) is 13.8 Å². The van der Waals surface area contributed by atoms with Crippen LogP contribution in [-0.4, -0.2) is 21.0 Å². The minimum absolute atomic E-state index is 0.247. The molecule has 0 atom stereocenters. The van der Waals surface area contributed by atoms with Gasteiger partial charge in [0.25, 0.3) is 0 Å².